The smallest absolute Gasteiger partial charge is 0.183 e. The highest BCUT2D eigenvalue weighted by molar-refractivity contribution is 6.32. The highest BCUT2D eigenvalue weighted by Crippen LogP contribution is 2.30. The summed E-state index contributed by atoms with van der Waals surface area (Å²) in [6, 6.07) is 3.92. The molecule has 4 rings (SSSR count). The molecular weight excluding hydrogens is 456 g/mol. The van der Waals surface area contributed by atoms with Crippen molar-refractivity contribution in [3.8, 4) is 23.0 Å². The van der Waals surface area contributed by atoms with E-state index in [-0.39, 0.29) is 34.4 Å². The summed E-state index contributed by atoms with van der Waals surface area (Å²) in [5, 5.41) is 7.54. The first-order valence-electron chi connectivity index (χ1n) is 9.76. The Hall–Kier alpha value is -3.86. The Morgan fingerprint density at radius 2 is 1.97 bits per heavy atom. The number of anilines is 2. The van der Waals surface area contributed by atoms with Gasteiger partial charge < -0.3 is 14.8 Å². The van der Waals surface area contributed by atoms with Gasteiger partial charge in [-0.2, -0.15) is 5.10 Å². The lowest BCUT2D eigenvalue weighted by Gasteiger charge is -2.10. The molecule has 12 heteroatoms. The van der Waals surface area contributed by atoms with Crippen molar-refractivity contribution in [2.75, 3.05) is 19.0 Å². The van der Waals surface area contributed by atoms with E-state index in [9.17, 15) is 8.78 Å². The lowest BCUT2D eigenvalue weighted by Crippen LogP contribution is -2.07. The molecular formula is C21H18ClF2N7O2. The SMILES string of the molecule is CCOc1cc(F)c(Cn2cc(Cl)c(-c3ncc(OC)c(Nc4ccncn4)n3)n2)c(F)c1. The summed E-state index contributed by atoms with van der Waals surface area (Å²) in [4.78, 5) is 16.6. The summed E-state index contributed by atoms with van der Waals surface area (Å²) < 4.78 is 40.7. The lowest BCUT2D eigenvalue weighted by molar-refractivity contribution is 0.335. The Morgan fingerprint density at radius 3 is 2.64 bits per heavy atom. The van der Waals surface area contributed by atoms with Gasteiger partial charge in [0.2, 0.25) is 0 Å². The molecule has 1 N–H and O–H groups in total. The molecule has 0 radical (unpaired) electrons. The third kappa shape index (κ3) is 4.98. The van der Waals surface area contributed by atoms with Crippen LogP contribution in [0.25, 0.3) is 11.5 Å². The second-order valence-electron chi connectivity index (χ2n) is 6.65. The van der Waals surface area contributed by atoms with Crippen LogP contribution in [0.3, 0.4) is 0 Å². The van der Waals surface area contributed by atoms with Crippen LogP contribution in [0, 0.1) is 11.6 Å². The number of aromatic nitrogens is 6. The molecule has 0 bridgehead atoms. The molecule has 4 aromatic rings. The minimum atomic E-state index is -0.747. The molecule has 0 saturated carbocycles. The van der Waals surface area contributed by atoms with Crippen molar-refractivity contribution in [3.63, 3.8) is 0 Å². The first-order chi connectivity index (χ1) is 16.0. The van der Waals surface area contributed by atoms with E-state index in [1.807, 2.05) is 0 Å². The van der Waals surface area contributed by atoms with Gasteiger partial charge in [0, 0.05) is 30.1 Å². The van der Waals surface area contributed by atoms with E-state index in [0.29, 0.717) is 24.0 Å². The quantitative estimate of drug-likeness (QED) is 0.405. The van der Waals surface area contributed by atoms with E-state index in [4.69, 9.17) is 21.1 Å². The van der Waals surface area contributed by atoms with Gasteiger partial charge in [-0.15, -0.1) is 0 Å². The number of nitrogens with one attached hydrogen (secondary N) is 1. The second kappa shape index (κ2) is 9.74. The summed E-state index contributed by atoms with van der Waals surface area (Å²) in [5.74, 6) is -0.00487. The summed E-state index contributed by atoms with van der Waals surface area (Å²) in [7, 11) is 1.48. The Balaban J connectivity index is 1.63. The molecule has 0 unspecified atom stereocenters. The maximum absolute atomic E-state index is 14.4. The number of ether oxygens (including phenoxy) is 2. The van der Waals surface area contributed by atoms with Crippen LogP contribution in [0.1, 0.15) is 12.5 Å². The van der Waals surface area contributed by atoms with E-state index >= 15 is 0 Å². The average molecular weight is 474 g/mol. The molecule has 0 spiro atoms. The van der Waals surface area contributed by atoms with Crippen LogP contribution in [0.15, 0.2) is 43.1 Å². The van der Waals surface area contributed by atoms with Gasteiger partial charge in [0.1, 0.15) is 35.2 Å². The van der Waals surface area contributed by atoms with E-state index in [1.54, 1.807) is 19.2 Å². The molecule has 0 atom stereocenters. The molecule has 0 aliphatic rings. The van der Waals surface area contributed by atoms with Crippen LogP contribution in [-0.2, 0) is 6.54 Å². The molecule has 0 aliphatic carbocycles. The number of methoxy groups -OCH3 is 1. The standard InChI is InChI=1S/C21H18ClF2N7O2/c1-3-33-12-6-15(23)13(16(24)7-12)9-31-10-14(22)19(30-31)21-26-8-17(32-2)20(29-21)28-18-4-5-25-11-27-18/h4-8,10-11H,3,9H2,1-2H3,(H,25,26,27,28,29). The van der Waals surface area contributed by atoms with E-state index < -0.39 is 11.6 Å². The summed E-state index contributed by atoms with van der Waals surface area (Å²) in [6.07, 6.45) is 5.85. The minimum Gasteiger partial charge on any atom is -0.494 e. The fourth-order valence-electron chi connectivity index (χ4n) is 2.98. The molecule has 0 aliphatic heterocycles. The van der Waals surface area contributed by atoms with Crippen molar-refractivity contribution in [3.05, 3.63) is 65.3 Å². The zero-order valence-corrected chi connectivity index (χ0v) is 18.3. The Bertz CT molecular complexity index is 1250. The van der Waals surface area contributed by atoms with Gasteiger partial charge >= 0.3 is 0 Å². The van der Waals surface area contributed by atoms with Crippen LogP contribution in [0.2, 0.25) is 5.02 Å². The van der Waals surface area contributed by atoms with Crippen LogP contribution < -0.4 is 14.8 Å². The number of nitrogens with zero attached hydrogens (tertiary/aromatic N) is 6. The molecule has 9 nitrogen and oxygen atoms in total. The van der Waals surface area contributed by atoms with Crippen molar-refractivity contribution >= 4 is 23.2 Å². The lowest BCUT2D eigenvalue weighted by atomic mass is 10.2. The predicted molar refractivity (Wildman–Crippen MR) is 117 cm³/mol. The molecule has 3 heterocycles. The normalized spacial score (nSPS) is 10.8. The maximum Gasteiger partial charge on any atom is 0.183 e. The van der Waals surface area contributed by atoms with Gasteiger partial charge in [-0.05, 0) is 13.0 Å². The Kier molecular flexibility index (Phi) is 6.59. The summed E-state index contributed by atoms with van der Waals surface area (Å²) in [5.41, 5.74) is 0.0581. The molecule has 1 aromatic carbocycles. The molecule has 0 fully saturated rings. The van der Waals surface area contributed by atoms with Crippen LogP contribution in [0.5, 0.6) is 11.5 Å². The van der Waals surface area contributed by atoms with Crippen LogP contribution >= 0.6 is 11.6 Å². The van der Waals surface area contributed by atoms with Gasteiger partial charge in [-0.1, -0.05) is 11.6 Å². The second-order valence-corrected chi connectivity index (χ2v) is 7.06. The predicted octanol–water partition coefficient (Wildman–Crippen LogP) is 4.26. The van der Waals surface area contributed by atoms with Crippen LogP contribution in [0.4, 0.5) is 20.4 Å². The van der Waals surface area contributed by atoms with Crippen molar-refractivity contribution in [1.82, 2.24) is 29.7 Å². The molecule has 170 valence electrons. The molecule has 0 saturated heterocycles. The highest BCUT2D eigenvalue weighted by atomic mass is 35.5. The maximum atomic E-state index is 14.4. The topological polar surface area (TPSA) is 99.9 Å². The van der Waals surface area contributed by atoms with Crippen molar-refractivity contribution in [1.29, 1.82) is 0 Å². The third-order valence-electron chi connectivity index (χ3n) is 4.48. The number of hydrogen-bond donors (Lipinski definition) is 1. The summed E-state index contributed by atoms with van der Waals surface area (Å²) >= 11 is 6.33. The van der Waals surface area contributed by atoms with Crippen molar-refractivity contribution in [2.24, 2.45) is 0 Å². The fraction of sp³-hybridized carbons (Fsp3) is 0.190. The molecule has 3 aromatic heterocycles. The fourth-order valence-corrected chi connectivity index (χ4v) is 3.22. The van der Waals surface area contributed by atoms with Crippen molar-refractivity contribution in [2.45, 2.75) is 13.5 Å². The third-order valence-corrected chi connectivity index (χ3v) is 4.75. The zero-order valence-electron chi connectivity index (χ0n) is 17.6. The average Bonchev–Trinajstić information content (AvgIpc) is 3.17. The van der Waals surface area contributed by atoms with Gasteiger partial charge in [0.05, 0.1) is 31.5 Å². The minimum absolute atomic E-state index is 0.116. The molecule has 0 amide bonds. The number of hydrogen-bond acceptors (Lipinski definition) is 8. The van der Waals surface area contributed by atoms with Crippen molar-refractivity contribution < 1.29 is 18.3 Å². The largest absolute Gasteiger partial charge is 0.494 e. The Labute approximate surface area is 192 Å². The van der Waals surface area contributed by atoms with E-state index in [0.717, 1.165) is 12.1 Å². The monoisotopic (exact) mass is 473 g/mol. The first kappa shape index (κ1) is 22.3. The van der Waals surface area contributed by atoms with Gasteiger partial charge in [0.25, 0.3) is 0 Å². The Morgan fingerprint density at radius 1 is 1.18 bits per heavy atom. The number of halogens is 3. The van der Waals surface area contributed by atoms with E-state index in [2.05, 4.69) is 30.4 Å². The number of benzene rings is 1. The van der Waals surface area contributed by atoms with Gasteiger partial charge in [-0.25, -0.2) is 28.7 Å². The molecule has 33 heavy (non-hydrogen) atoms. The highest BCUT2D eigenvalue weighted by Gasteiger charge is 2.18. The summed E-state index contributed by atoms with van der Waals surface area (Å²) in [6.45, 7) is 1.84. The number of rotatable bonds is 8. The van der Waals surface area contributed by atoms with Gasteiger partial charge in [-0.3, -0.25) is 4.68 Å². The first-order valence-corrected chi connectivity index (χ1v) is 10.1. The van der Waals surface area contributed by atoms with Crippen LogP contribution in [-0.4, -0.2) is 43.4 Å². The zero-order chi connectivity index (χ0) is 23.4. The van der Waals surface area contributed by atoms with Gasteiger partial charge in [0.15, 0.2) is 17.4 Å². The van der Waals surface area contributed by atoms with E-state index in [1.165, 1.54) is 30.5 Å².